The first-order valence-corrected chi connectivity index (χ1v) is 6.77. The molecule has 4 nitrogen and oxygen atoms in total. The fourth-order valence-electron chi connectivity index (χ4n) is 2.36. The number of amides is 1. The van der Waals surface area contributed by atoms with Gasteiger partial charge in [-0.2, -0.15) is 0 Å². The Bertz CT molecular complexity index is 407. The van der Waals surface area contributed by atoms with Crippen molar-refractivity contribution in [2.75, 3.05) is 19.7 Å². The largest absolute Gasteiger partial charge is 0.445 e. The zero-order valence-corrected chi connectivity index (χ0v) is 11.3. The van der Waals surface area contributed by atoms with Gasteiger partial charge < -0.3 is 14.7 Å². The lowest BCUT2D eigenvalue weighted by atomic mass is 9.88. The van der Waals surface area contributed by atoms with E-state index < -0.39 is 0 Å². The van der Waals surface area contributed by atoms with Crippen molar-refractivity contribution in [2.24, 2.45) is 11.8 Å². The fourth-order valence-corrected chi connectivity index (χ4v) is 2.36. The van der Waals surface area contributed by atoms with Gasteiger partial charge >= 0.3 is 6.09 Å². The number of benzene rings is 1. The number of nitrogens with zero attached hydrogens (tertiary/aromatic N) is 1. The van der Waals surface area contributed by atoms with Crippen molar-refractivity contribution < 1.29 is 14.6 Å². The molecule has 104 valence electrons. The Balaban J connectivity index is 1.83. The summed E-state index contributed by atoms with van der Waals surface area (Å²) in [6.07, 6.45) is 0.639. The molecular formula is C15H21NO3. The molecule has 0 spiro atoms. The van der Waals surface area contributed by atoms with Crippen LogP contribution in [0.15, 0.2) is 30.3 Å². The average Bonchev–Trinajstić information content (AvgIpc) is 2.46. The van der Waals surface area contributed by atoms with Crippen LogP contribution in [-0.4, -0.2) is 35.8 Å². The van der Waals surface area contributed by atoms with E-state index in [1.807, 2.05) is 30.3 Å². The van der Waals surface area contributed by atoms with Crippen molar-refractivity contribution >= 4 is 6.09 Å². The number of aliphatic hydroxyl groups is 1. The number of carbonyl (C=O) groups is 1. The van der Waals surface area contributed by atoms with Crippen molar-refractivity contribution in [3.63, 3.8) is 0 Å². The molecule has 1 saturated heterocycles. The lowest BCUT2D eigenvalue weighted by Crippen LogP contribution is -2.44. The number of ether oxygens (including phenoxy) is 1. The van der Waals surface area contributed by atoms with Crippen molar-refractivity contribution in [2.45, 2.75) is 20.0 Å². The van der Waals surface area contributed by atoms with E-state index in [4.69, 9.17) is 4.74 Å². The molecule has 0 bridgehead atoms. The van der Waals surface area contributed by atoms with Gasteiger partial charge in [-0.05, 0) is 17.9 Å². The predicted octanol–water partition coefficient (Wildman–Crippen LogP) is 2.27. The molecule has 0 saturated carbocycles. The van der Waals surface area contributed by atoms with E-state index in [9.17, 15) is 9.90 Å². The summed E-state index contributed by atoms with van der Waals surface area (Å²) in [7, 11) is 0. The van der Waals surface area contributed by atoms with Crippen molar-refractivity contribution in [1.82, 2.24) is 4.90 Å². The van der Waals surface area contributed by atoms with Gasteiger partial charge in [0, 0.05) is 25.6 Å². The van der Waals surface area contributed by atoms with E-state index in [0.29, 0.717) is 25.6 Å². The zero-order chi connectivity index (χ0) is 13.7. The number of likely N-dealkylation sites (tertiary alicyclic amines) is 1. The van der Waals surface area contributed by atoms with Gasteiger partial charge in [-0.15, -0.1) is 0 Å². The van der Waals surface area contributed by atoms with Gasteiger partial charge in [-0.1, -0.05) is 37.3 Å². The summed E-state index contributed by atoms with van der Waals surface area (Å²) in [5.74, 6) is 0.626. The molecule has 1 heterocycles. The summed E-state index contributed by atoms with van der Waals surface area (Å²) in [6.45, 7) is 3.85. The van der Waals surface area contributed by atoms with Crippen LogP contribution >= 0.6 is 0 Å². The molecule has 1 aromatic carbocycles. The molecule has 2 rings (SSSR count). The van der Waals surface area contributed by atoms with Crippen molar-refractivity contribution in [3.8, 4) is 0 Å². The Morgan fingerprint density at radius 3 is 2.84 bits per heavy atom. The van der Waals surface area contributed by atoms with Gasteiger partial charge in [-0.25, -0.2) is 4.79 Å². The first-order chi connectivity index (χ1) is 9.20. The molecule has 4 heteroatoms. The van der Waals surface area contributed by atoms with Crippen LogP contribution in [-0.2, 0) is 11.3 Å². The second-order valence-corrected chi connectivity index (χ2v) is 5.19. The van der Waals surface area contributed by atoms with E-state index in [1.54, 1.807) is 4.90 Å². The standard InChI is InChI=1S/C15H21NO3/c1-12-7-8-16(9-14(12)10-17)15(18)19-11-13-5-3-2-4-6-13/h2-6,12,14,17H,7-11H2,1H3/t12-,14+/m1/s1. The fraction of sp³-hybridized carbons (Fsp3) is 0.533. The van der Waals surface area contributed by atoms with Gasteiger partial charge in [0.1, 0.15) is 6.61 Å². The van der Waals surface area contributed by atoms with Gasteiger partial charge in [0.25, 0.3) is 0 Å². The highest BCUT2D eigenvalue weighted by Crippen LogP contribution is 2.23. The first-order valence-electron chi connectivity index (χ1n) is 6.77. The highest BCUT2D eigenvalue weighted by atomic mass is 16.6. The molecule has 1 amide bonds. The molecule has 0 radical (unpaired) electrons. The second kappa shape index (κ2) is 6.57. The lowest BCUT2D eigenvalue weighted by Gasteiger charge is -2.35. The van der Waals surface area contributed by atoms with Crippen LogP contribution < -0.4 is 0 Å². The minimum Gasteiger partial charge on any atom is -0.445 e. The number of carbonyl (C=O) groups excluding carboxylic acids is 1. The number of piperidine rings is 1. The van der Waals surface area contributed by atoms with Crippen molar-refractivity contribution in [3.05, 3.63) is 35.9 Å². The maximum atomic E-state index is 12.0. The maximum Gasteiger partial charge on any atom is 0.410 e. The first kappa shape index (κ1) is 13.9. The lowest BCUT2D eigenvalue weighted by molar-refractivity contribution is 0.0510. The Morgan fingerprint density at radius 2 is 2.16 bits per heavy atom. The normalized spacial score (nSPS) is 23.2. The van der Waals surface area contributed by atoms with Gasteiger partial charge in [0.15, 0.2) is 0 Å². The smallest absolute Gasteiger partial charge is 0.410 e. The Labute approximate surface area is 114 Å². The van der Waals surface area contributed by atoms with Crippen LogP contribution in [0.4, 0.5) is 4.79 Å². The van der Waals surface area contributed by atoms with Crippen LogP contribution in [0.2, 0.25) is 0 Å². The molecular weight excluding hydrogens is 242 g/mol. The van der Waals surface area contributed by atoms with Crippen LogP contribution in [0, 0.1) is 11.8 Å². The van der Waals surface area contributed by atoms with Gasteiger partial charge in [0.05, 0.1) is 0 Å². The molecule has 1 aromatic rings. The molecule has 0 aliphatic carbocycles. The van der Waals surface area contributed by atoms with E-state index in [2.05, 4.69) is 6.92 Å². The third-order valence-electron chi connectivity index (χ3n) is 3.81. The number of hydrogen-bond acceptors (Lipinski definition) is 3. The molecule has 1 fully saturated rings. The second-order valence-electron chi connectivity index (χ2n) is 5.19. The van der Waals surface area contributed by atoms with Crippen LogP contribution in [0.25, 0.3) is 0 Å². The quantitative estimate of drug-likeness (QED) is 0.910. The van der Waals surface area contributed by atoms with Gasteiger partial charge in [-0.3, -0.25) is 0 Å². The summed E-state index contributed by atoms with van der Waals surface area (Å²) >= 11 is 0. The minimum absolute atomic E-state index is 0.129. The zero-order valence-electron chi connectivity index (χ0n) is 11.3. The monoisotopic (exact) mass is 263 g/mol. The number of aliphatic hydroxyl groups excluding tert-OH is 1. The molecule has 19 heavy (non-hydrogen) atoms. The third kappa shape index (κ3) is 3.70. The molecule has 2 atom stereocenters. The average molecular weight is 263 g/mol. The van der Waals surface area contributed by atoms with E-state index in [1.165, 1.54) is 0 Å². The summed E-state index contributed by atoms with van der Waals surface area (Å²) < 4.78 is 5.30. The number of hydrogen-bond donors (Lipinski definition) is 1. The minimum atomic E-state index is -0.283. The summed E-state index contributed by atoms with van der Waals surface area (Å²) in [4.78, 5) is 13.7. The van der Waals surface area contributed by atoms with E-state index >= 15 is 0 Å². The third-order valence-corrected chi connectivity index (χ3v) is 3.81. The molecule has 1 aliphatic heterocycles. The van der Waals surface area contributed by atoms with Crippen LogP contribution in [0.5, 0.6) is 0 Å². The molecule has 1 aliphatic rings. The van der Waals surface area contributed by atoms with Crippen LogP contribution in [0.3, 0.4) is 0 Å². The predicted molar refractivity (Wildman–Crippen MR) is 72.6 cm³/mol. The molecule has 1 N–H and O–H groups in total. The SMILES string of the molecule is C[C@@H]1CCN(C(=O)OCc2ccccc2)C[C@H]1CO. The highest BCUT2D eigenvalue weighted by molar-refractivity contribution is 5.67. The Hall–Kier alpha value is -1.55. The highest BCUT2D eigenvalue weighted by Gasteiger charge is 2.29. The van der Waals surface area contributed by atoms with Gasteiger partial charge in [0.2, 0.25) is 0 Å². The maximum absolute atomic E-state index is 12.0. The topological polar surface area (TPSA) is 49.8 Å². The molecule has 0 unspecified atom stereocenters. The van der Waals surface area contributed by atoms with Crippen LogP contribution in [0.1, 0.15) is 18.9 Å². The molecule has 0 aromatic heterocycles. The summed E-state index contributed by atoms with van der Waals surface area (Å²) in [6, 6.07) is 9.65. The van der Waals surface area contributed by atoms with E-state index in [-0.39, 0.29) is 18.6 Å². The Kier molecular flexibility index (Phi) is 4.80. The Morgan fingerprint density at radius 1 is 1.42 bits per heavy atom. The summed E-state index contributed by atoms with van der Waals surface area (Å²) in [5, 5.41) is 9.29. The number of rotatable bonds is 3. The van der Waals surface area contributed by atoms with E-state index in [0.717, 1.165) is 12.0 Å². The van der Waals surface area contributed by atoms with Crippen molar-refractivity contribution in [1.29, 1.82) is 0 Å². The summed E-state index contributed by atoms with van der Waals surface area (Å²) in [5.41, 5.74) is 0.986.